The van der Waals surface area contributed by atoms with Crippen LogP contribution in [0.3, 0.4) is 0 Å². The average molecular weight is 265 g/mol. The fraction of sp³-hybridized carbons (Fsp3) is 0.0588. The standard InChI is InChI=1S/C17H15NO2/c1-13(20)18-17-10-9-16(12-19)15(11-17)8-7-14-5-3-2-4-6-14/h2-12H,1H3,(H,18,20)/b8-7+. The molecule has 0 aliphatic carbocycles. The molecule has 0 radical (unpaired) electrons. The van der Waals surface area contributed by atoms with Crippen LogP contribution >= 0.6 is 0 Å². The van der Waals surface area contributed by atoms with Crippen molar-refractivity contribution in [2.24, 2.45) is 0 Å². The van der Waals surface area contributed by atoms with E-state index in [-0.39, 0.29) is 5.91 Å². The predicted octanol–water partition coefficient (Wildman–Crippen LogP) is 3.63. The Morgan fingerprint density at radius 1 is 1.00 bits per heavy atom. The molecule has 0 aromatic heterocycles. The fourth-order valence-corrected chi connectivity index (χ4v) is 1.86. The second kappa shape index (κ2) is 6.48. The monoisotopic (exact) mass is 265 g/mol. The first kappa shape index (κ1) is 13.7. The van der Waals surface area contributed by atoms with Gasteiger partial charge in [-0.25, -0.2) is 0 Å². The van der Waals surface area contributed by atoms with Crippen LogP contribution in [0.15, 0.2) is 48.5 Å². The summed E-state index contributed by atoms with van der Waals surface area (Å²) < 4.78 is 0. The number of hydrogen-bond acceptors (Lipinski definition) is 2. The van der Waals surface area contributed by atoms with E-state index in [4.69, 9.17) is 0 Å². The van der Waals surface area contributed by atoms with E-state index in [9.17, 15) is 9.59 Å². The van der Waals surface area contributed by atoms with Gasteiger partial charge < -0.3 is 5.32 Å². The molecule has 0 aliphatic rings. The van der Waals surface area contributed by atoms with Crippen molar-refractivity contribution in [1.82, 2.24) is 0 Å². The van der Waals surface area contributed by atoms with Crippen molar-refractivity contribution in [3.8, 4) is 0 Å². The Bertz CT molecular complexity index is 645. The quantitative estimate of drug-likeness (QED) is 0.677. The van der Waals surface area contributed by atoms with Crippen LogP contribution in [0.2, 0.25) is 0 Å². The van der Waals surface area contributed by atoms with Crippen molar-refractivity contribution in [2.45, 2.75) is 6.92 Å². The second-order valence-corrected chi connectivity index (χ2v) is 4.39. The molecule has 0 saturated heterocycles. The van der Waals surface area contributed by atoms with Crippen molar-refractivity contribution in [1.29, 1.82) is 0 Å². The van der Waals surface area contributed by atoms with Gasteiger partial charge in [0, 0.05) is 18.2 Å². The highest BCUT2D eigenvalue weighted by molar-refractivity contribution is 5.91. The van der Waals surface area contributed by atoms with E-state index < -0.39 is 0 Å². The molecule has 2 rings (SSSR count). The maximum atomic E-state index is 11.1. The number of nitrogens with one attached hydrogen (secondary N) is 1. The van der Waals surface area contributed by atoms with Crippen LogP contribution in [0.25, 0.3) is 12.2 Å². The number of anilines is 1. The molecule has 0 unspecified atom stereocenters. The van der Waals surface area contributed by atoms with E-state index in [1.807, 2.05) is 42.5 Å². The second-order valence-electron chi connectivity index (χ2n) is 4.39. The topological polar surface area (TPSA) is 46.2 Å². The summed E-state index contributed by atoms with van der Waals surface area (Å²) in [5.74, 6) is -0.137. The lowest BCUT2D eigenvalue weighted by molar-refractivity contribution is -0.114. The van der Waals surface area contributed by atoms with Crippen molar-refractivity contribution in [3.05, 3.63) is 65.2 Å². The van der Waals surface area contributed by atoms with Crippen LogP contribution in [-0.4, -0.2) is 12.2 Å². The summed E-state index contributed by atoms with van der Waals surface area (Å²) in [5, 5.41) is 2.71. The van der Waals surface area contributed by atoms with E-state index in [1.165, 1.54) is 6.92 Å². The van der Waals surface area contributed by atoms with Gasteiger partial charge in [-0.3, -0.25) is 9.59 Å². The normalized spacial score (nSPS) is 10.4. The average Bonchev–Trinajstić information content (AvgIpc) is 2.46. The van der Waals surface area contributed by atoms with Gasteiger partial charge in [0.25, 0.3) is 0 Å². The molecule has 0 saturated carbocycles. The lowest BCUT2D eigenvalue weighted by Crippen LogP contribution is -2.06. The van der Waals surface area contributed by atoms with Gasteiger partial charge in [-0.05, 0) is 29.3 Å². The van der Waals surface area contributed by atoms with E-state index in [0.717, 1.165) is 17.4 Å². The van der Waals surface area contributed by atoms with E-state index in [1.54, 1.807) is 18.2 Å². The number of rotatable bonds is 4. The lowest BCUT2D eigenvalue weighted by Gasteiger charge is -2.05. The minimum atomic E-state index is -0.137. The van der Waals surface area contributed by atoms with Crippen molar-refractivity contribution >= 4 is 30.0 Å². The number of aldehydes is 1. The molecular formula is C17H15NO2. The Morgan fingerprint density at radius 3 is 2.40 bits per heavy atom. The molecule has 2 aromatic carbocycles. The molecule has 0 spiro atoms. The predicted molar refractivity (Wildman–Crippen MR) is 81.5 cm³/mol. The zero-order chi connectivity index (χ0) is 14.4. The van der Waals surface area contributed by atoms with Gasteiger partial charge in [-0.15, -0.1) is 0 Å². The molecule has 0 aliphatic heterocycles. The summed E-state index contributed by atoms with van der Waals surface area (Å²) in [5.41, 5.74) is 3.09. The summed E-state index contributed by atoms with van der Waals surface area (Å²) in [6.07, 6.45) is 4.60. The first-order valence-corrected chi connectivity index (χ1v) is 6.29. The summed E-state index contributed by atoms with van der Waals surface area (Å²) in [6, 6.07) is 15.0. The third-order valence-corrected chi connectivity index (χ3v) is 2.79. The maximum Gasteiger partial charge on any atom is 0.221 e. The molecule has 0 heterocycles. The number of benzene rings is 2. The largest absolute Gasteiger partial charge is 0.326 e. The molecule has 0 bridgehead atoms. The van der Waals surface area contributed by atoms with Crippen LogP contribution in [0.4, 0.5) is 5.69 Å². The number of hydrogen-bond donors (Lipinski definition) is 1. The van der Waals surface area contributed by atoms with Gasteiger partial charge in [0.05, 0.1) is 0 Å². The Hall–Kier alpha value is -2.68. The van der Waals surface area contributed by atoms with E-state index in [2.05, 4.69) is 5.32 Å². The SMILES string of the molecule is CC(=O)Nc1ccc(C=O)c(/C=C/c2ccccc2)c1. The molecule has 3 nitrogen and oxygen atoms in total. The van der Waals surface area contributed by atoms with Crippen molar-refractivity contribution in [3.63, 3.8) is 0 Å². The van der Waals surface area contributed by atoms with Crippen LogP contribution in [0.1, 0.15) is 28.4 Å². The first-order chi connectivity index (χ1) is 9.69. The zero-order valence-electron chi connectivity index (χ0n) is 11.2. The highest BCUT2D eigenvalue weighted by Gasteiger charge is 2.02. The molecule has 1 amide bonds. The number of carbonyl (C=O) groups excluding carboxylic acids is 2. The van der Waals surface area contributed by atoms with Crippen LogP contribution in [0, 0.1) is 0 Å². The van der Waals surface area contributed by atoms with Gasteiger partial charge in [-0.1, -0.05) is 42.5 Å². The molecule has 0 atom stereocenters. The van der Waals surface area contributed by atoms with Crippen LogP contribution in [-0.2, 0) is 4.79 Å². The highest BCUT2D eigenvalue weighted by Crippen LogP contribution is 2.17. The third kappa shape index (κ3) is 3.65. The first-order valence-electron chi connectivity index (χ1n) is 6.29. The van der Waals surface area contributed by atoms with Crippen LogP contribution in [0.5, 0.6) is 0 Å². The Labute approximate surface area is 117 Å². The van der Waals surface area contributed by atoms with Gasteiger partial charge in [0.15, 0.2) is 6.29 Å². The van der Waals surface area contributed by atoms with E-state index in [0.29, 0.717) is 11.3 Å². The highest BCUT2D eigenvalue weighted by atomic mass is 16.1. The van der Waals surface area contributed by atoms with Crippen molar-refractivity contribution < 1.29 is 9.59 Å². The molecule has 3 heteroatoms. The minimum absolute atomic E-state index is 0.137. The maximum absolute atomic E-state index is 11.1. The molecule has 1 N–H and O–H groups in total. The number of amides is 1. The summed E-state index contributed by atoms with van der Waals surface area (Å²) in [7, 11) is 0. The molecular weight excluding hydrogens is 250 g/mol. The Kier molecular flexibility index (Phi) is 4.45. The molecule has 100 valence electrons. The minimum Gasteiger partial charge on any atom is -0.326 e. The smallest absolute Gasteiger partial charge is 0.221 e. The van der Waals surface area contributed by atoms with Gasteiger partial charge in [0.1, 0.15) is 0 Å². The lowest BCUT2D eigenvalue weighted by atomic mass is 10.1. The van der Waals surface area contributed by atoms with E-state index >= 15 is 0 Å². The fourth-order valence-electron chi connectivity index (χ4n) is 1.86. The Balaban J connectivity index is 2.31. The third-order valence-electron chi connectivity index (χ3n) is 2.79. The van der Waals surface area contributed by atoms with Gasteiger partial charge in [-0.2, -0.15) is 0 Å². The molecule has 20 heavy (non-hydrogen) atoms. The van der Waals surface area contributed by atoms with Crippen molar-refractivity contribution in [2.75, 3.05) is 5.32 Å². The summed E-state index contributed by atoms with van der Waals surface area (Å²) in [6.45, 7) is 1.45. The molecule has 0 fully saturated rings. The summed E-state index contributed by atoms with van der Waals surface area (Å²) in [4.78, 5) is 22.1. The van der Waals surface area contributed by atoms with Gasteiger partial charge >= 0.3 is 0 Å². The van der Waals surface area contributed by atoms with Gasteiger partial charge in [0.2, 0.25) is 5.91 Å². The zero-order valence-corrected chi connectivity index (χ0v) is 11.2. The van der Waals surface area contributed by atoms with Crippen LogP contribution < -0.4 is 5.32 Å². The number of carbonyl (C=O) groups is 2. The Morgan fingerprint density at radius 2 is 1.75 bits per heavy atom. The molecule has 2 aromatic rings. The summed E-state index contributed by atoms with van der Waals surface area (Å²) >= 11 is 0.